The van der Waals surface area contributed by atoms with Gasteiger partial charge in [0.2, 0.25) is 0 Å². The van der Waals surface area contributed by atoms with Crippen molar-refractivity contribution in [2.24, 2.45) is 0 Å². The van der Waals surface area contributed by atoms with E-state index in [1.54, 1.807) is 30.3 Å². The van der Waals surface area contributed by atoms with Crippen molar-refractivity contribution in [1.82, 2.24) is 5.32 Å². The molecule has 0 aliphatic carbocycles. The molecule has 4 rings (SSSR count). The summed E-state index contributed by atoms with van der Waals surface area (Å²) in [6, 6.07) is 14.4. The molecule has 0 bridgehead atoms. The number of benzene rings is 2. The molecule has 7 heteroatoms. The third-order valence-electron chi connectivity index (χ3n) is 4.95. The molecule has 31 heavy (non-hydrogen) atoms. The Hall–Kier alpha value is -3.32. The minimum Gasteiger partial charge on any atom is -0.494 e. The van der Waals surface area contributed by atoms with E-state index in [-0.39, 0.29) is 17.9 Å². The van der Waals surface area contributed by atoms with Crippen molar-refractivity contribution in [2.45, 2.75) is 32.9 Å². The van der Waals surface area contributed by atoms with Crippen molar-refractivity contribution in [3.8, 4) is 11.5 Å². The number of ether oxygens (including phenoxy) is 2. The maximum atomic E-state index is 12.7. The Morgan fingerprint density at radius 2 is 2.03 bits per heavy atom. The molecule has 0 saturated heterocycles. The van der Waals surface area contributed by atoms with Gasteiger partial charge in [-0.25, -0.2) is 0 Å². The zero-order valence-electron chi connectivity index (χ0n) is 17.4. The third-order valence-corrected chi connectivity index (χ3v) is 5.81. The largest absolute Gasteiger partial charge is 0.494 e. The first-order chi connectivity index (χ1) is 15.0. The van der Waals surface area contributed by atoms with Crippen LogP contribution in [-0.2, 0) is 13.0 Å². The minimum absolute atomic E-state index is 0.140. The fourth-order valence-electron chi connectivity index (χ4n) is 3.53. The average Bonchev–Trinajstić information content (AvgIpc) is 3.41. The molecule has 6 nitrogen and oxygen atoms in total. The molecule has 0 unspecified atom stereocenters. The smallest absolute Gasteiger partial charge is 0.265 e. The first kappa shape index (κ1) is 20.9. The zero-order chi connectivity index (χ0) is 21.8. The SMILES string of the molecule is CCOc1cc2c(cc1CNC(=O)c1cccc(NC(=O)c3cccs3)c1)O[C@@H](C)C2. The van der Waals surface area contributed by atoms with Crippen molar-refractivity contribution in [3.05, 3.63) is 75.5 Å². The molecular weight excluding hydrogens is 412 g/mol. The van der Waals surface area contributed by atoms with Crippen LogP contribution in [0.3, 0.4) is 0 Å². The summed E-state index contributed by atoms with van der Waals surface area (Å²) >= 11 is 1.37. The van der Waals surface area contributed by atoms with E-state index in [9.17, 15) is 9.59 Å². The third kappa shape index (κ3) is 4.88. The van der Waals surface area contributed by atoms with Crippen LogP contribution in [0.25, 0.3) is 0 Å². The van der Waals surface area contributed by atoms with E-state index in [0.29, 0.717) is 29.3 Å². The number of rotatable bonds is 7. The van der Waals surface area contributed by atoms with Gasteiger partial charge >= 0.3 is 0 Å². The molecule has 1 aliphatic rings. The highest BCUT2D eigenvalue weighted by atomic mass is 32.1. The Kier molecular flexibility index (Phi) is 6.23. The molecule has 1 aliphatic heterocycles. The predicted molar refractivity (Wildman–Crippen MR) is 121 cm³/mol. The summed E-state index contributed by atoms with van der Waals surface area (Å²) in [5, 5.41) is 7.61. The molecule has 0 radical (unpaired) electrons. The van der Waals surface area contributed by atoms with Crippen LogP contribution in [-0.4, -0.2) is 24.5 Å². The van der Waals surface area contributed by atoms with Gasteiger partial charge in [-0.15, -0.1) is 11.3 Å². The molecule has 160 valence electrons. The highest BCUT2D eigenvalue weighted by Crippen LogP contribution is 2.35. The van der Waals surface area contributed by atoms with Gasteiger partial charge in [0.25, 0.3) is 11.8 Å². The average molecular weight is 437 g/mol. The first-order valence-electron chi connectivity index (χ1n) is 10.2. The quantitative estimate of drug-likeness (QED) is 0.565. The summed E-state index contributed by atoms with van der Waals surface area (Å²) in [5.74, 6) is 1.18. The summed E-state index contributed by atoms with van der Waals surface area (Å²) in [5.41, 5.74) is 3.03. The number of anilines is 1. The Morgan fingerprint density at radius 1 is 1.16 bits per heavy atom. The fraction of sp³-hybridized carbons (Fsp3) is 0.250. The van der Waals surface area contributed by atoms with Gasteiger partial charge in [-0.3, -0.25) is 9.59 Å². The van der Waals surface area contributed by atoms with Gasteiger partial charge in [0, 0.05) is 35.3 Å². The van der Waals surface area contributed by atoms with Gasteiger partial charge in [-0.05, 0) is 55.6 Å². The minimum atomic E-state index is -0.232. The van der Waals surface area contributed by atoms with Gasteiger partial charge in [0.15, 0.2) is 0 Å². The summed E-state index contributed by atoms with van der Waals surface area (Å²) in [6.07, 6.45) is 0.993. The van der Waals surface area contributed by atoms with E-state index in [1.165, 1.54) is 11.3 Å². The Morgan fingerprint density at radius 3 is 2.81 bits per heavy atom. The number of fused-ring (bicyclic) bond motifs is 1. The second-order valence-electron chi connectivity index (χ2n) is 7.33. The number of thiophene rings is 1. The summed E-state index contributed by atoms with van der Waals surface area (Å²) in [7, 11) is 0. The highest BCUT2D eigenvalue weighted by Gasteiger charge is 2.22. The van der Waals surface area contributed by atoms with Crippen LogP contribution in [0.15, 0.2) is 53.9 Å². The zero-order valence-corrected chi connectivity index (χ0v) is 18.3. The molecule has 2 N–H and O–H groups in total. The van der Waals surface area contributed by atoms with Crippen molar-refractivity contribution in [3.63, 3.8) is 0 Å². The van der Waals surface area contributed by atoms with E-state index in [1.807, 2.05) is 37.4 Å². The molecule has 0 spiro atoms. The van der Waals surface area contributed by atoms with Gasteiger partial charge in [-0.1, -0.05) is 12.1 Å². The molecule has 1 atom stereocenters. The number of hydrogen-bond donors (Lipinski definition) is 2. The van der Waals surface area contributed by atoms with Crippen molar-refractivity contribution in [1.29, 1.82) is 0 Å². The summed E-state index contributed by atoms with van der Waals surface area (Å²) in [4.78, 5) is 25.6. The Labute approximate surface area is 185 Å². The maximum Gasteiger partial charge on any atom is 0.265 e. The molecule has 2 aromatic carbocycles. The molecule has 0 fully saturated rings. The van der Waals surface area contributed by atoms with Gasteiger partial charge < -0.3 is 20.1 Å². The molecular formula is C24H24N2O4S. The molecule has 0 saturated carbocycles. The van der Waals surface area contributed by atoms with Crippen LogP contribution in [0.2, 0.25) is 0 Å². The standard InChI is InChI=1S/C24H24N2O4S/c1-3-29-20-12-17-10-15(2)30-21(17)13-18(20)14-25-23(27)16-6-4-7-19(11-16)26-24(28)22-8-5-9-31-22/h4-9,11-13,15H,3,10,14H2,1-2H3,(H,25,27)(H,26,28)/t15-/m0/s1. The van der Waals surface area contributed by atoms with Crippen LogP contribution in [0.4, 0.5) is 5.69 Å². The number of amides is 2. The van der Waals surface area contributed by atoms with E-state index >= 15 is 0 Å². The first-order valence-corrected chi connectivity index (χ1v) is 11.1. The molecule has 1 aromatic heterocycles. The van der Waals surface area contributed by atoms with Crippen molar-refractivity contribution in [2.75, 3.05) is 11.9 Å². The van der Waals surface area contributed by atoms with Gasteiger partial charge in [0.1, 0.15) is 17.6 Å². The highest BCUT2D eigenvalue weighted by molar-refractivity contribution is 7.12. The molecule has 2 amide bonds. The van der Waals surface area contributed by atoms with Gasteiger partial charge in [-0.2, -0.15) is 0 Å². The lowest BCUT2D eigenvalue weighted by atomic mass is 10.1. The lowest BCUT2D eigenvalue weighted by molar-refractivity contribution is 0.0949. The van der Waals surface area contributed by atoms with Crippen molar-refractivity contribution < 1.29 is 19.1 Å². The van der Waals surface area contributed by atoms with E-state index < -0.39 is 0 Å². The molecule has 3 aromatic rings. The maximum absolute atomic E-state index is 12.7. The summed E-state index contributed by atoms with van der Waals surface area (Å²) in [6.45, 7) is 4.82. The lowest BCUT2D eigenvalue weighted by Crippen LogP contribution is -2.23. The second-order valence-corrected chi connectivity index (χ2v) is 8.28. The van der Waals surface area contributed by atoms with Crippen molar-refractivity contribution >= 4 is 28.8 Å². The van der Waals surface area contributed by atoms with E-state index in [2.05, 4.69) is 10.6 Å². The monoisotopic (exact) mass is 436 g/mol. The number of carbonyl (C=O) groups is 2. The topological polar surface area (TPSA) is 76.7 Å². The van der Waals surface area contributed by atoms with Crippen LogP contribution < -0.4 is 20.1 Å². The van der Waals surface area contributed by atoms with Crippen LogP contribution in [0, 0.1) is 0 Å². The number of nitrogens with one attached hydrogen (secondary N) is 2. The number of hydrogen-bond acceptors (Lipinski definition) is 5. The second kappa shape index (κ2) is 9.22. The fourth-order valence-corrected chi connectivity index (χ4v) is 4.14. The van der Waals surface area contributed by atoms with E-state index in [0.717, 1.165) is 29.0 Å². The van der Waals surface area contributed by atoms with Crippen LogP contribution in [0.1, 0.15) is 45.0 Å². The Bertz CT molecular complexity index is 1090. The molecule has 2 heterocycles. The number of carbonyl (C=O) groups excluding carboxylic acids is 2. The van der Waals surface area contributed by atoms with E-state index in [4.69, 9.17) is 9.47 Å². The van der Waals surface area contributed by atoms with Gasteiger partial charge in [0.05, 0.1) is 11.5 Å². The summed E-state index contributed by atoms with van der Waals surface area (Å²) < 4.78 is 11.6. The Balaban J connectivity index is 1.44. The predicted octanol–water partition coefficient (Wildman–Crippen LogP) is 4.65. The lowest BCUT2D eigenvalue weighted by Gasteiger charge is -2.14. The van der Waals surface area contributed by atoms with Crippen LogP contribution in [0.5, 0.6) is 11.5 Å². The normalized spacial score (nSPS) is 14.5. The van der Waals surface area contributed by atoms with Crippen LogP contribution >= 0.6 is 11.3 Å².